The summed E-state index contributed by atoms with van der Waals surface area (Å²) in [5.41, 5.74) is 0. The number of hydrogen-bond acceptors (Lipinski definition) is 5. The molecule has 1 aliphatic rings. The Labute approximate surface area is 137 Å². The molecule has 0 saturated carbocycles. The highest BCUT2D eigenvalue weighted by atomic mass is 28.4. The predicted octanol–water partition coefficient (Wildman–Crippen LogP) is 3.40. The molecule has 6 heteroatoms. The van der Waals surface area contributed by atoms with Crippen LogP contribution in [0.1, 0.15) is 53.4 Å². The number of ether oxygens (including phenoxy) is 2. The molecular weight excluding hydrogens is 300 g/mol. The summed E-state index contributed by atoms with van der Waals surface area (Å²) in [5, 5.41) is 0. The topological polar surface area (TPSA) is 49.5 Å². The van der Waals surface area contributed by atoms with Crippen LogP contribution >= 0.6 is 0 Å². The zero-order valence-electron chi connectivity index (χ0n) is 14.8. The minimum absolute atomic E-state index is 0.178. The third-order valence-corrected chi connectivity index (χ3v) is 6.24. The predicted molar refractivity (Wildman–Crippen MR) is 89.1 cm³/mol. The molecule has 1 heterocycles. The first-order chi connectivity index (χ1) is 10.7. The van der Waals surface area contributed by atoms with Gasteiger partial charge in [0.05, 0.1) is 19.3 Å². The molecule has 1 rings (SSSR count). The van der Waals surface area contributed by atoms with Gasteiger partial charge in [-0.05, 0) is 32.6 Å². The van der Waals surface area contributed by atoms with Crippen LogP contribution in [-0.4, -0.2) is 54.0 Å². The molecule has 0 spiro atoms. The normalized spacial score (nSPS) is 19.4. The van der Waals surface area contributed by atoms with Gasteiger partial charge in [0.25, 0.3) is 0 Å². The van der Waals surface area contributed by atoms with Crippen molar-refractivity contribution in [1.82, 2.24) is 0 Å². The molecular formula is C16H34O5Si. The highest BCUT2D eigenvalue weighted by Gasteiger charge is 2.41. The molecule has 0 aromatic heterocycles. The van der Waals surface area contributed by atoms with Gasteiger partial charge in [0.1, 0.15) is 6.10 Å². The van der Waals surface area contributed by atoms with E-state index in [1.54, 1.807) is 0 Å². The fraction of sp³-hybridized carbons (Fsp3) is 1.00. The second-order valence-electron chi connectivity index (χ2n) is 5.87. The van der Waals surface area contributed by atoms with E-state index in [4.69, 9.17) is 22.8 Å². The van der Waals surface area contributed by atoms with E-state index in [1.807, 2.05) is 0 Å². The van der Waals surface area contributed by atoms with Gasteiger partial charge in [-0.25, -0.2) is 0 Å². The van der Waals surface area contributed by atoms with Crippen LogP contribution in [0.3, 0.4) is 0 Å². The van der Waals surface area contributed by atoms with Crippen LogP contribution < -0.4 is 0 Å². The quantitative estimate of drug-likeness (QED) is 0.339. The number of rotatable bonds is 15. The Bertz CT molecular complexity index is 251. The van der Waals surface area contributed by atoms with Crippen LogP contribution in [0.4, 0.5) is 0 Å². The lowest BCUT2D eigenvalue weighted by atomic mass is 10.3. The minimum atomic E-state index is -2.57. The van der Waals surface area contributed by atoms with Gasteiger partial charge in [0, 0.05) is 25.9 Å². The Balaban J connectivity index is 2.46. The Morgan fingerprint density at radius 2 is 1.50 bits per heavy atom. The lowest BCUT2D eigenvalue weighted by molar-refractivity contribution is 0.0347. The average Bonchev–Trinajstić information content (AvgIpc) is 3.36. The summed E-state index contributed by atoms with van der Waals surface area (Å²) in [4.78, 5) is 0. The molecule has 2 unspecified atom stereocenters. The van der Waals surface area contributed by atoms with Crippen molar-refractivity contribution in [2.24, 2.45) is 0 Å². The van der Waals surface area contributed by atoms with Crippen LogP contribution in [0, 0.1) is 0 Å². The van der Waals surface area contributed by atoms with E-state index in [9.17, 15) is 0 Å². The summed E-state index contributed by atoms with van der Waals surface area (Å²) in [6, 6.07) is 0.819. The maximum atomic E-state index is 6.09. The van der Waals surface area contributed by atoms with E-state index in [1.165, 1.54) is 0 Å². The maximum absolute atomic E-state index is 6.09. The van der Waals surface area contributed by atoms with Gasteiger partial charge in [-0.3, -0.25) is 0 Å². The number of epoxide rings is 1. The van der Waals surface area contributed by atoms with Crippen LogP contribution in [0.2, 0.25) is 6.04 Å². The first-order valence-electron chi connectivity index (χ1n) is 8.80. The monoisotopic (exact) mass is 334 g/mol. The highest BCUT2D eigenvalue weighted by molar-refractivity contribution is 6.60. The van der Waals surface area contributed by atoms with Crippen molar-refractivity contribution in [2.75, 3.05) is 33.0 Å². The highest BCUT2D eigenvalue weighted by Crippen LogP contribution is 2.22. The first kappa shape index (κ1) is 20.1. The average molecular weight is 335 g/mol. The Morgan fingerprint density at radius 3 is 1.91 bits per heavy atom. The smallest absolute Gasteiger partial charge is 0.376 e. The van der Waals surface area contributed by atoms with Gasteiger partial charge >= 0.3 is 8.80 Å². The van der Waals surface area contributed by atoms with E-state index in [-0.39, 0.29) is 6.10 Å². The van der Waals surface area contributed by atoms with E-state index < -0.39 is 8.80 Å². The summed E-state index contributed by atoms with van der Waals surface area (Å²) in [6.07, 6.45) is 4.32. The molecule has 0 aliphatic carbocycles. The molecule has 5 nitrogen and oxygen atoms in total. The van der Waals surface area contributed by atoms with Crippen molar-refractivity contribution in [1.29, 1.82) is 0 Å². The summed E-state index contributed by atoms with van der Waals surface area (Å²) in [6.45, 7) is 12.1. The largest absolute Gasteiger partial charge is 0.501 e. The molecule has 0 radical (unpaired) electrons. The molecule has 1 saturated heterocycles. The summed E-state index contributed by atoms with van der Waals surface area (Å²) in [5.74, 6) is 0. The fourth-order valence-electron chi connectivity index (χ4n) is 2.01. The molecule has 1 aliphatic heterocycles. The van der Waals surface area contributed by atoms with E-state index >= 15 is 0 Å². The molecule has 22 heavy (non-hydrogen) atoms. The second-order valence-corrected chi connectivity index (χ2v) is 8.60. The zero-order valence-corrected chi connectivity index (χ0v) is 15.8. The first-order valence-corrected chi connectivity index (χ1v) is 10.7. The van der Waals surface area contributed by atoms with Crippen molar-refractivity contribution < 1.29 is 22.8 Å². The van der Waals surface area contributed by atoms with Crippen molar-refractivity contribution in [2.45, 2.75) is 71.6 Å². The molecule has 0 N–H and O–H groups in total. The molecule has 132 valence electrons. The molecule has 0 amide bonds. The van der Waals surface area contributed by atoms with Gasteiger partial charge in [0.2, 0.25) is 0 Å². The maximum Gasteiger partial charge on any atom is 0.501 e. The van der Waals surface area contributed by atoms with Crippen molar-refractivity contribution in [3.63, 3.8) is 0 Å². The van der Waals surface area contributed by atoms with Crippen molar-refractivity contribution >= 4 is 8.80 Å². The van der Waals surface area contributed by atoms with Crippen LogP contribution in [0.25, 0.3) is 0 Å². The van der Waals surface area contributed by atoms with Gasteiger partial charge in [-0.2, -0.15) is 0 Å². The molecule has 0 aromatic rings. The summed E-state index contributed by atoms with van der Waals surface area (Å²) in [7, 11) is -2.57. The van der Waals surface area contributed by atoms with Crippen LogP contribution in [-0.2, 0) is 22.8 Å². The Kier molecular flexibility index (Phi) is 10.5. The third-order valence-electron chi connectivity index (χ3n) is 3.40. The standard InChI is InChI=1S/C16H34O5Si/c1-5-9-19-22(20-10-6-2,21-11-7-3)12-8-15(4)17-13-16-14-18-16/h15-16H,5-14H2,1-4H3. The summed E-state index contributed by atoms with van der Waals surface area (Å²) >= 11 is 0. The molecule has 2 atom stereocenters. The fourth-order valence-corrected chi connectivity index (χ4v) is 5.00. The lowest BCUT2D eigenvalue weighted by Crippen LogP contribution is -2.47. The second kappa shape index (κ2) is 11.5. The molecule has 0 bridgehead atoms. The Morgan fingerprint density at radius 1 is 1.00 bits per heavy atom. The lowest BCUT2D eigenvalue weighted by Gasteiger charge is -2.30. The Hall–Kier alpha value is 0.0169. The van der Waals surface area contributed by atoms with Gasteiger partial charge in [-0.1, -0.05) is 20.8 Å². The summed E-state index contributed by atoms with van der Waals surface area (Å²) < 4.78 is 29.2. The van der Waals surface area contributed by atoms with E-state index in [0.29, 0.717) is 32.5 Å². The van der Waals surface area contributed by atoms with E-state index in [0.717, 1.165) is 38.3 Å². The molecule has 0 aromatic carbocycles. The van der Waals surface area contributed by atoms with Crippen molar-refractivity contribution in [3.8, 4) is 0 Å². The van der Waals surface area contributed by atoms with Crippen molar-refractivity contribution in [3.05, 3.63) is 0 Å². The SMILES string of the molecule is CCCO[Si](CCC(C)OCC1CO1)(OCCC)OCCC. The zero-order chi connectivity index (χ0) is 16.3. The van der Waals surface area contributed by atoms with Crippen LogP contribution in [0.15, 0.2) is 0 Å². The van der Waals surface area contributed by atoms with Crippen LogP contribution in [0.5, 0.6) is 0 Å². The third kappa shape index (κ3) is 8.60. The van der Waals surface area contributed by atoms with Gasteiger partial charge < -0.3 is 22.8 Å². The molecule has 1 fully saturated rings. The van der Waals surface area contributed by atoms with Gasteiger partial charge in [0.15, 0.2) is 0 Å². The van der Waals surface area contributed by atoms with Gasteiger partial charge in [-0.15, -0.1) is 0 Å². The number of hydrogen-bond donors (Lipinski definition) is 0. The van der Waals surface area contributed by atoms with E-state index in [2.05, 4.69) is 27.7 Å². The minimum Gasteiger partial charge on any atom is -0.376 e.